The summed E-state index contributed by atoms with van der Waals surface area (Å²) in [5.74, 6) is -0.299. The van der Waals surface area contributed by atoms with E-state index >= 15 is 0 Å². The average Bonchev–Trinajstić information content (AvgIpc) is 3.00. The van der Waals surface area contributed by atoms with E-state index in [1.807, 2.05) is 36.5 Å². The molecule has 3 N–H and O–H groups in total. The first-order chi connectivity index (χ1) is 11.6. The monoisotopic (exact) mass is 339 g/mol. The molecule has 0 amide bonds. The minimum absolute atomic E-state index is 0.0741. The second-order valence-corrected chi connectivity index (χ2v) is 5.39. The molecule has 2 aromatic carbocycles. The number of halogens is 1. The molecule has 7 heteroatoms. The van der Waals surface area contributed by atoms with Gasteiger partial charge in [-0.3, -0.25) is 5.43 Å². The van der Waals surface area contributed by atoms with Crippen molar-refractivity contribution in [2.45, 2.75) is 0 Å². The molecule has 0 fully saturated rings. The molecule has 0 saturated carbocycles. The molecule has 0 unspecified atom stereocenters. The number of aromatic nitrogens is 2. The molecular formula is C17H14FN5S. The van der Waals surface area contributed by atoms with Gasteiger partial charge >= 0.3 is 0 Å². The van der Waals surface area contributed by atoms with Crippen molar-refractivity contribution in [3.8, 4) is 16.9 Å². The zero-order valence-corrected chi connectivity index (χ0v) is 13.4. The van der Waals surface area contributed by atoms with E-state index in [9.17, 15) is 4.39 Å². The van der Waals surface area contributed by atoms with Crippen LogP contribution in [0.4, 0.5) is 4.39 Å². The van der Waals surface area contributed by atoms with Gasteiger partial charge in [0.15, 0.2) is 5.11 Å². The number of nitrogens with two attached hydrogens (primary N) is 1. The van der Waals surface area contributed by atoms with Gasteiger partial charge in [-0.15, -0.1) is 0 Å². The summed E-state index contributed by atoms with van der Waals surface area (Å²) < 4.78 is 14.9. The molecule has 3 aromatic rings. The Morgan fingerprint density at radius 3 is 2.54 bits per heavy atom. The smallest absolute Gasteiger partial charge is 0.184 e. The zero-order chi connectivity index (χ0) is 16.9. The van der Waals surface area contributed by atoms with Crippen LogP contribution in [0, 0.1) is 5.82 Å². The fourth-order valence-electron chi connectivity index (χ4n) is 2.19. The Kier molecular flexibility index (Phi) is 4.62. The third kappa shape index (κ3) is 3.64. The highest BCUT2D eigenvalue weighted by Crippen LogP contribution is 2.23. The van der Waals surface area contributed by atoms with Gasteiger partial charge in [-0.1, -0.05) is 18.2 Å². The van der Waals surface area contributed by atoms with Crippen LogP contribution in [0.25, 0.3) is 16.9 Å². The maximum absolute atomic E-state index is 13.2. The summed E-state index contributed by atoms with van der Waals surface area (Å²) in [6.07, 6.45) is 3.41. The van der Waals surface area contributed by atoms with Crippen LogP contribution in [0.15, 0.2) is 65.9 Å². The molecule has 0 aliphatic carbocycles. The molecule has 120 valence electrons. The number of hydrogen-bond donors (Lipinski definition) is 2. The first-order valence-electron chi connectivity index (χ1n) is 7.13. The summed E-state index contributed by atoms with van der Waals surface area (Å²) in [4.78, 5) is 0. The van der Waals surface area contributed by atoms with E-state index in [0.717, 1.165) is 16.8 Å². The highest BCUT2D eigenvalue weighted by molar-refractivity contribution is 7.80. The highest BCUT2D eigenvalue weighted by Gasteiger charge is 2.11. The van der Waals surface area contributed by atoms with E-state index in [0.29, 0.717) is 5.69 Å². The summed E-state index contributed by atoms with van der Waals surface area (Å²) in [6, 6.07) is 15.8. The Morgan fingerprint density at radius 1 is 1.17 bits per heavy atom. The number of hydrogen-bond acceptors (Lipinski definition) is 3. The van der Waals surface area contributed by atoms with Crippen molar-refractivity contribution >= 4 is 23.5 Å². The number of hydrazone groups is 1. The summed E-state index contributed by atoms with van der Waals surface area (Å²) in [7, 11) is 0. The Morgan fingerprint density at radius 2 is 1.88 bits per heavy atom. The molecule has 0 atom stereocenters. The van der Waals surface area contributed by atoms with Gasteiger partial charge in [-0.05, 0) is 48.6 Å². The molecule has 0 radical (unpaired) electrons. The van der Waals surface area contributed by atoms with E-state index in [-0.39, 0.29) is 10.9 Å². The predicted octanol–water partition coefficient (Wildman–Crippen LogP) is 2.85. The van der Waals surface area contributed by atoms with Gasteiger partial charge in [0.2, 0.25) is 0 Å². The summed E-state index contributed by atoms with van der Waals surface area (Å²) in [5.41, 5.74) is 11.0. The number of benzene rings is 2. The van der Waals surface area contributed by atoms with Crippen molar-refractivity contribution in [1.29, 1.82) is 0 Å². The Labute approximate surface area is 143 Å². The normalized spacial score (nSPS) is 10.9. The number of rotatable bonds is 4. The zero-order valence-electron chi connectivity index (χ0n) is 12.6. The number of thiocarbonyl (C=S) groups is 1. The molecule has 5 nitrogen and oxygen atoms in total. The molecular weight excluding hydrogens is 325 g/mol. The first kappa shape index (κ1) is 15.8. The maximum Gasteiger partial charge on any atom is 0.184 e. The van der Waals surface area contributed by atoms with Gasteiger partial charge in [0.05, 0.1) is 11.9 Å². The molecule has 24 heavy (non-hydrogen) atoms. The van der Waals surface area contributed by atoms with E-state index in [1.54, 1.807) is 23.0 Å². The van der Waals surface area contributed by atoms with Gasteiger partial charge < -0.3 is 5.73 Å². The van der Waals surface area contributed by atoms with Crippen LogP contribution in [0.1, 0.15) is 5.56 Å². The minimum atomic E-state index is -0.299. The molecule has 0 saturated heterocycles. The van der Waals surface area contributed by atoms with Crippen molar-refractivity contribution in [2.24, 2.45) is 10.8 Å². The van der Waals surface area contributed by atoms with Crippen LogP contribution in [0.3, 0.4) is 0 Å². The van der Waals surface area contributed by atoms with Gasteiger partial charge in [0, 0.05) is 17.3 Å². The summed E-state index contributed by atoms with van der Waals surface area (Å²) in [5, 5.41) is 8.65. The van der Waals surface area contributed by atoms with Crippen molar-refractivity contribution in [3.63, 3.8) is 0 Å². The quantitative estimate of drug-likeness (QED) is 0.436. The highest BCUT2D eigenvalue weighted by atomic mass is 32.1. The van der Waals surface area contributed by atoms with Crippen molar-refractivity contribution in [2.75, 3.05) is 0 Å². The third-order valence-corrected chi connectivity index (χ3v) is 3.35. The van der Waals surface area contributed by atoms with Crippen LogP contribution >= 0.6 is 12.2 Å². The van der Waals surface area contributed by atoms with Crippen LogP contribution in [-0.4, -0.2) is 21.1 Å². The molecule has 0 aliphatic rings. The van der Waals surface area contributed by atoms with Crippen LogP contribution in [0.2, 0.25) is 0 Å². The van der Waals surface area contributed by atoms with E-state index in [2.05, 4.69) is 15.6 Å². The summed E-state index contributed by atoms with van der Waals surface area (Å²) >= 11 is 4.72. The molecule has 0 bridgehead atoms. The van der Waals surface area contributed by atoms with Crippen molar-refractivity contribution in [1.82, 2.24) is 15.2 Å². The molecule has 3 rings (SSSR count). The molecule has 0 spiro atoms. The maximum atomic E-state index is 13.2. The minimum Gasteiger partial charge on any atom is -0.375 e. The standard InChI is InChI=1S/C17H14FN5S/c18-14-8-6-12(7-9-14)16-13(10-20-21-17(19)24)11-23(22-16)15-4-2-1-3-5-15/h1-11H,(H3,19,21,24)/b20-10-. The van der Waals surface area contributed by atoms with Gasteiger partial charge in [0.25, 0.3) is 0 Å². The fourth-order valence-corrected chi connectivity index (χ4v) is 2.24. The fraction of sp³-hybridized carbons (Fsp3) is 0. The lowest BCUT2D eigenvalue weighted by molar-refractivity contribution is 0.628. The second-order valence-electron chi connectivity index (χ2n) is 4.95. The Balaban J connectivity index is 2.04. The lowest BCUT2D eigenvalue weighted by atomic mass is 10.1. The first-order valence-corrected chi connectivity index (χ1v) is 7.54. The van der Waals surface area contributed by atoms with E-state index in [1.165, 1.54) is 12.1 Å². The average molecular weight is 339 g/mol. The van der Waals surface area contributed by atoms with Crippen molar-refractivity contribution < 1.29 is 4.39 Å². The lowest BCUT2D eigenvalue weighted by Gasteiger charge is -2.00. The Hall–Kier alpha value is -3.06. The van der Waals surface area contributed by atoms with Gasteiger partial charge in [-0.2, -0.15) is 10.2 Å². The number of para-hydroxylation sites is 1. The van der Waals surface area contributed by atoms with Gasteiger partial charge in [-0.25, -0.2) is 9.07 Å². The predicted molar refractivity (Wildman–Crippen MR) is 96.5 cm³/mol. The van der Waals surface area contributed by atoms with Crippen molar-refractivity contribution in [3.05, 3.63) is 72.2 Å². The van der Waals surface area contributed by atoms with Crippen LogP contribution in [0.5, 0.6) is 0 Å². The second kappa shape index (κ2) is 7.01. The van der Waals surface area contributed by atoms with E-state index in [4.69, 9.17) is 18.0 Å². The SMILES string of the molecule is NC(=S)N/N=C\c1cn(-c2ccccc2)nc1-c1ccc(F)cc1. The summed E-state index contributed by atoms with van der Waals surface area (Å²) in [6.45, 7) is 0. The molecule has 1 heterocycles. The third-order valence-electron chi connectivity index (χ3n) is 3.26. The molecule has 1 aromatic heterocycles. The van der Waals surface area contributed by atoms with E-state index < -0.39 is 0 Å². The lowest BCUT2D eigenvalue weighted by Crippen LogP contribution is -2.24. The largest absolute Gasteiger partial charge is 0.375 e. The van der Waals surface area contributed by atoms with Crippen LogP contribution < -0.4 is 11.2 Å². The number of nitrogens with zero attached hydrogens (tertiary/aromatic N) is 3. The van der Waals surface area contributed by atoms with Gasteiger partial charge in [0.1, 0.15) is 11.5 Å². The number of nitrogens with one attached hydrogen (secondary N) is 1. The van der Waals surface area contributed by atoms with Crippen LogP contribution in [-0.2, 0) is 0 Å². The Bertz CT molecular complexity index is 872. The molecule has 0 aliphatic heterocycles. The topological polar surface area (TPSA) is 68.2 Å².